The minimum absolute atomic E-state index is 0.133. The molecule has 0 radical (unpaired) electrons. The minimum atomic E-state index is -0.133. The first kappa shape index (κ1) is 13.5. The molecule has 0 heterocycles. The first-order valence-electron chi connectivity index (χ1n) is 5.01. The number of carbonyl (C=O) groups is 2. The van der Waals surface area contributed by atoms with Crippen LogP contribution in [-0.4, -0.2) is 11.8 Å². The maximum atomic E-state index is 11.5. The van der Waals surface area contributed by atoms with E-state index in [1.807, 2.05) is 12.1 Å². The first-order valence-corrected chi connectivity index (χ1v) is 7.17. The third-order valence-electron chi connectivity index (χ3n) is 2.54. The summed E-state index contributed by atoms with van der Waals surface area (Å²) in [7, 11) is 0. The van der Waals surface area contributed by atoms with E-state index in [-0.39, 0.29) is 11.8 Å². The average Bonchev–Trinajstić information content (AvgIpc) is 2.44. The van der Waals surface area contributed by atoms with E-state index in [2.05, 4.69) is 7.06 Å². The van der Waals surface area contributed by atoms with Gasteiger partial charge in [0.1, 0.15) is 0 Å². The number of fused-ring (bicyclic) bond motifs is 1. The Morgan fingerprint density at radius 3 is 1.50 bits per heavy atom. The Kier molecular flexibility index (Phi) is 4.38. The number of hydrogen-bond donors (Lipinski definition) is 2. The van der Waals surface area contributed by atoms with Gasteiger partial charge in [-0.05, 0) is 35.0 Å². The van der Waals surface area contributed by atoms with Gasteiger partial charge in [0, 0.05) is 11.1 Å². The van der Waals surface area contributed by atoms with Gasteiger partial charge in [0.05, 0.1) is 45.7 Å². The van der Waals surface area contributed by atoms with E-state index in [0.29, 0.717) is 11.1 Å². The molecule has 92 valence electrons. The van der Waals surface area contributed by atoms with E-state index in [0.717, 1.165) is 10.8 Å². The molecule has 0 bridgehead atoms. The second-order valence-electron chi connectivity index (χ2n) is 3.62. The van der Waals surface area contributed by atoms with E-state index in [9.17, 15) is 9.59 Å². The fourth-order valence-electron chi connectivity index (χ4n) is 1.64. The Morgan fingerprint density at radius 2 is 1.17 bits per heavy atom. The van der Waals surface area contributed by atoms with Crippen LogP contribution in [0.1, 0.15) is 20.7 Å². The molecule has 0 aliphatic heterocycles. The molecule has 0 saturated carbocycles. The van der Waals surface area contributed by atoms with Crippen LogP contribution in [0.25, 0.3) is 10.8 Å². The summed E-state index contributed by atoms with van der Waals surface area (Å²) in [6.45, 7) is 0. The maximum Gasteiger partial charge on any atom is 0.259 e. The van der Waals surface area contributed by atoms with Crippen LogP contribution in [0.4, 0.5) is 0 Å². The van der Waals surface area contributed by atoms with Crippen molar-refractivity contribution >= 4 is 68.3 Å². The summed E-state index contributed by atoms with van der Waals surface area (Å²) in [6, 6.07) is 10.7. The highest BCUT2D eigenvalue weighted by Crippen LogP contribution is 2.18. The smallest absolute Gasteiger partial charge is 0.259 e. The average molecular weight is 466 g/mol. The zero-order valence-electron chi connectivity index (χ0n) is 9.04. The Hall–Kier alpha value is -0.900. The fourth-order valence-corrected chi connectivity index (χ4v) is 2.26. The van der Waals surface area contributed by atoms with Gasteiger partial charge < -0.3 is 0 Å². The van der Waals surface area contributed by atoms with Crippen LogP contribution in [0.3, 0.4) is 0 Å². The van der Waals surface area contributed by atoms with E-state index in [4.69, 9.17) is 0 Å². The molecule has 0 saturated heterocycles. The number of benzene rings is 2. The Morgan fingerprint density at radius 1 is 0.778 bits per heavy atom. The molecular formula is C12H8I2N2O2. The van der Waals surface area contributed by atoms with Gasteiger partial charge in [0.15, 0.2) is 0 Å². The van der Waals surface area contributed by atoms with Crippen molar-refractivity contribution in [3.05, 3.63) is 47.5 Å². The van der Waals surface area contributed by atoms with Crippen molar-refractivity contribution < 1.29 is 9.59 Å². The van der Waals surface area contributed by atoms with Crippen LogP contribution in [0, 0.1) is 0 Å². The van der Waals surface area contributed by atoms with Crippen LogP contribution in [-0.2, 0) is 0 Å². The van der Waals surface area contributed by atoms with Crippen LogP contribution >= 0.6 is 45.7 Å². The van der Waals surface area contributed by atoms with Crippen LogP contribution in [0.5, 0.6) is 0 Å². The van der Waals surface area contributed by atoms with Crippen molar-refractivity contribution in [1.29, 1.82) is 0 Å². The number of nitrogens with one attached hydrogen (secondary N) is 2. The molecule has 2 aromatic rings. The monoisotopic (exact) mass is 466 g/mol. The Labute approximate surface area is 132 Å². The molecular weight excluding hydrogens is 458 g/mol. The van der Waals surface area contributed by atoms with E-state index < -0.39 is 0 Å². The fraction of sp³-hybridized carbons (Fsp3) is 0. The summed E-state index contributed by atoms with van der Waals surface area (Å²) < 4.78 is 5.10. The number of halogens is 2. The third kappa shape index (κ3) is 2.74. The molecule has 2 amide bonds. The SMILES string of the molecule is O=C(NI)c1ccc2cc(C(=O)NI)ccc2c1. The summed E-state index contributed by atoms with van der Waals surface area (Å²) in [5, 5.41) is 1.86. The molecule has 2 rings (SSSR count). The van der Waals surface area contributed by atoms with Crippen molar-refractivity contribution in [1.82, 2.24) is 7.06 Å². The molecule has 0 fully saturated rings. The third-order valence-corrected chi connectivity index (χ3v) is 3.52. The Bertz CT molecular complexity index is 573. The lowest BCUT2D eigenvalue weighted by molar-refractivity contribution is 0.0981. The summed E-state index contributed by atoms with van der Waals surface area (Å²) >= 11 is 3.61. The van der Waals surface area contributed by atoms with Crippen LogP contribution in [0.2, 0.25) is 0 Å². The van der Waals surface area contributed by atoms with Gasteiger partial charge in [-0.3, -0.25) is 16.6 Å². The zero-order valence-corrected chi connectivity index (χ0v) is 13.4. The lowest BCUT2D eigenvalue weighted by Crippen LogP contribution is -2.12. The van der Waals surface area contributed by atoms with Crippen molar-refractivity contribution in [3.63, 3.8) is 0 Å². The highest BCUT2D eigenvalue weighted by atomic mass is 127. The molecule has 0 unspecified atom stereocenters. The summed E-state index contributed by atoms with van der Waals surface area (Å²) in [4.78, 5) is 23.0. The first-order chi connectivity index (χ1) is 8.65. The maximum absolute atomic E-state index is 11.5. The van der Waals surface area contributed by atoms with Gasteiger partial charge in [0.2, 0.25) is 0 Å². The topological polar surface area (TPSA) is 58.2 Å². The summed E-state index contributed by atoms with van der Waals surface area (Å²) in [5.41, 5.74) is 1.20. The standard InChI is InChI=1S/C12H8I2N2O2/c13-15-11(17)9-3-1-7-5-10(12(18)16-14)4-2-8(7)6-9/h1-6H,(H,15,17)(H,16,18). The second-order valence-corrected chi connectivity index (χ2v) is 4.70. The molecule has 6 heteroatoms. The molecule has 0 aromatic heterocycles. The molecule has 2 aromatic carbocycles. The second kappa shape index (κ2) is 5.83. The minimum Gasteiger partial charge on any atom is -0.295 e. The van der Waals surface area contributed by atoms with Gasteiger partial charge in [-0.2, -0.15) is 0 Å². The highest BCUT2D eigenvalue weighted by molar-refractivity contribution is 14.1. The van der Waals surface area contributed by atoms with Crippen molar-refractivity contribution in [2.75, 3.05) is 0 Å². The number of amides is 2. The van der Waals surface area contributed by atoms with Gasteiger partial charge >= 0.3 is 0 Å². The normalized spacial score (nSPS) is 10.1. The molecule has 4 nitrogen and oxygen atoms in total. The quantitative estimate of drug-likeness (QED) is 0.529. The predicted molar refractivity (Wildman–Crippen MR) is 86.9 cm³/mol. The Balaban J connectivity index is 2.48. The van der Waals surface area contributed by atoms with Crippen LogP contribution < -0.4 is 7.06 Å². The molecule has 0 atom stereocenters. The molecule has 0 aliphatic carbocycles. The van der Waals surface area contributed by atoms with Gasteiger partial charge in [0.25, 0.3) is 11.8 Å². The van der Waals surface area contributed by atoms with Gasteiger partial charge in [-0.15, -0.1) is 0 Å². The summed E-state index contributed by atoms with van der Waals surface area (Å²) in [5.74, 6) is -0.266. The van der Waals surface area contributed by atoms with Gasteiger partial charge in [-0.25, -0.2) is 0 Å². The van der Waals surface area contributed by atoms with Gasteiger partial charge in [-0.1, -0.05) is 12.1 Å². The largest absolute Gasteiger partial charge is 0.295 e. The van der Waals surface area contributed by atoms with E-state index in [1.54, 1.807) is 70.0 Å². The molecule has 2 N–H and O–H groups in total. The predicted octanol–water partition coefficient (Wildman–Crippen LogP) is 3.00. The van der Waals surface area contributed by atoms with Crippen molar-refractivity contribution in [2.24, 2.45) is 0 Å². The highest BCUT2D eigenvalue weighted by Gasteiger charge is 2.07. The molecule has 0 aliphatic rings. The molecule has 0 spiro atoms. The number of rotatable bonds is 2. The molecule has 18 heavy (non-hydrogen) atoms. The van der Waals surface area contributed by atoms with Crippen molar-refractivity contribution in [2.45, 2.75) is 0 Å². The zero-order chi connectivity index (χ0) is 13.1. The van der Waals surface area contributed by atoms with Crippen molar-refractivity contribution in [3.8, 4) is 0 Å². The summed E-state index contributed by atoms with van der Waals surface area (Å²) in [6.07, 6.45) is 0. The lowest BCUT2D eigenvalue weighted by atomic mass is 10.0. The number of hydrogen-bond acceptors (Lipinski definition) is 2. The van der Waals surface area contributed by atoms with E-state index >= 15 is 0 Å². The van der Waals surface area contributed by atoms with E-state index in [1.165, 1.54) is 0 Å². The lowest BCUT2D eigenvalue weighted by Gasteiger charge is -2.04. The van der Waals surface area contributed by atoms with Crippen LogP contribution in [0.15, 0.2) is 36.4 Å². The number of carbonyl (C=O) groups excluding carboxylic acids is 2.